The van der Waals surface area contributed by atoms with Gasteiger partial charge >= 0.3 is 0 Å². The molecule has 3 heterocycles. The molecule has 0 bridgehead atoms. The molecule has 0 spiro atoms. The number of imidazole rings is 1. The molecule has 45 heavy (non-hydrogen) atoms. The van der Waals surface area contributed by atoms with E-state index in [2.05, 4.69) is 15.6 Å². The van der Waals surface area contributed by atoms with Gasteiger partial charge in [0.2, 0.25) is 17.7 Å². The SMILES string of the molecule is CC[C@H](NC)C(=O)N[C@H]1CN(C(=O)Cc2ccccc2)CC[C@H]2CC[C@@H](c3nc4c(-c5cccc(F)c5)cccc4[nH]3)N2C1=O. The predicted molar refractivity (Wildman–Crippen MR) is 171 cm³/mol. The van der Waals surface area contributed by atoms with Crippen molar-refractivity contribution in [2.24, 2.45) is 0 Å². The molecule has 3 N–H and O–H groups in total. The number of hydrogen-bond donors (Lipinski definition) is 3. The van der Waals surface area contributed by atoms with Crippen molar-refractivity contribution in [3.8, 4) is 11.1 Å². The fourth-order valence-corrected chi connectivity index (χ4v) is 6.75. The predicted octanol–water partition coefficient (Wildman–Crippen LogP) is 4.36. The smallest absolute Gasteiger partial charge is 0.247 e. The summed E-state index contributed by atoms with van der Waals surface area (Å²) in [6.45, 7) is 2.48. The Balaban J connectivity index is 1.31. The van der Waals surface area contributed by atoms with Crippen molar-refractivity contribution in [1.29, 1.82) is 0 Å². The van der Waals surface area contributed by atoms with Crippen molar-refractivity contribution in [2.45, 2.75) is 63.2 Å². The molecule has 2 aliphatic heterocycles. The highest BCUT2D eigenvalue weighted by atomic mass is 19.1. The molecule has 2 saturated heterocycles. The summed E-state index contributed by atoms with van der Waals surface area (Å²) in [6, 6.07) is 19.9. The van der Waals surface area contributed by atoms with E-state index in [-0.39, 0.29) is 48.6 Å². The van der Waals surface area contributed by atoms with Crippen LogP contribution in [0.25, 0.3) is 22.2 Å². The van der Waals surface area contributed by atoms with Crippen LogP contribution in [-0.2, 0) is 20.8 Å². The first-order valence-electron chi connectivity index (χ1n) is 15.7. The van der Waals surface area contributed by atoms with Crippen LogP contribution in [0.1, 0.15) is 50.0 Å². The van der Waals surface area contributed by atoms with Crippen LogP contribution < -0.4 is 10.6 Å². The average molecular weight is 611 g/mol. The molecule has 6 rings (SSSR count). The van der Waals surface area contributed by atoms with Gasteiger partial charge in [-0.05, 0) is 62.1 Å². The number of aromatic nitrogens is 2. The lowest BCUT2D eigenvalue weighted by atomic mass is 10.0. The summed E-state index contributed by atoms with van der Waals surface area (Å²) in [5.41, 5.74) is 3.95. The van der Waals surface area contributed by atoms with E-state index in [0.717, 1.165) is 28.6 Å². The number of H-pyrrole nitrogens is 1. The Kier molecular flexibility index (Phi) is 8.93. The van der Waals surface area contributed by atoms with E-state index in [4.69, 9.17) is 4.98 Å². The first-order chi connectivity index (χ1) is 21.9. The number of halogens is 1. The Hall–Kier alpha value is -4.57. The molecule has 2 aliphatic rings. The van der Waals surface area contributed by atoms with Crippen molar-refractivity contribution < 1.29 is 18.8 Å². The zero-order valence-corrected chi connectivity index (χ0v) is 25.6. The Bertz CT molecular complexity index is 1690. The number of rotatable bonds is 8. The molecule has 4 atom stereocenters. The minimum Gasteiger partial charge on any atom is -0.341 e. The lowest BCUT2D eigenvalue weighted by molar-refractivity contribution is -0.144. The van der Waals surface area contributed by atoms with E-state index in [1.165, 1.54) is 12.1 Å². The van der Waals surface area contributed by atoms with Crippen molar-refractivity contribution >= 4 is 28.8 Å². The molecular weight excluding hydrogens is 571 g/mol. The number of carbonyl (C=O) groups excluding carboxylic acids is 3. The van der Waals surface area contributed by atoms with E-state index in [0.29, 0.717) is 37.1 Å². The third-order valence-electron chi connectivity index (χ3n) is 9.11. The molecule has 1 aromatic heterocycles. The lowest BCUT2D eigenvalue weighted by Gasteiger charge is -2.39. The third-order valence-corrected chi connectivity index (χ3v) is 9.11. The van der Waals surface area contributed by atoms with Gasteiger partial charge in [0.15, 0.2) is 0 Å². The van der Waals surface area contributed by atoms with Crippen LogP contribution in [0.15, 0.2) is 72.8 Å². The average Bonchev–Trinajstić information content (AvgIpc) is 3.66. The molecule has 9 nitrogen and oxygen atoms in total. The van der Waals surface area contributed by atoms with Crippen LogP contribution in [-0.4, -0.2) is 75.8 Å². The number of nitrogens with zero attached hydrogens (tertiary/aromatic N) is 3. The largest absolute Gasteiger partial charge is 0.341 e. The van der Waals surface area contributed by atoms with Crippen LogP contribution in [0.2, 0.25) is 0 Å². The maximum absolute atomic E-state index is 14.4. The van der Waals surface area contributed by atoms with E-state index in [1.54, 1.807) is 18.0 Å². The summed E-state index contributed by atoms with van der Waals surface area (Å²) < 4.78 is 14.1. The summed E-state index contributed by atoms with van der Waals surface area (Å²) in [5.74, 6) is -0.221. The fourth-order valence-electron chi connectivity index (χ4n) is 6.75. The summed E-state index contributed by atoms with van der Waals surface area (Å²) in [4.78, 5) is 53.2. The summed E-state index contributed by atoms with van der Waals surface area (Å²) in [7, 11) is 1.72. The third kappa shape index (κ3) is 6.33. The second-order valence-corrected chi connectivity index (χ2v) is 11.9. The number of amides is 3. The highest BCUT2D eigenvalue weighted by Crippen LogP contribution is 2.39. The number of fused-ring (bicyclic) bond motifs is 2. The van der Waals surface area contributed by atoms with Crippen LogP contribution in [0.4, 0.5) is 4.39 Å². The highest BCUT2D eigenvalue weighted by Gasteiger charge is 2.44. The number of aromatic amines is 1. The number of nitrogens with one attached hydrogen (secondary N) is 3. The highest BCUT2D eigenvalue weighted by molar-refractivity contribution is 5.93. The second-order valence-electron chi connectivity index (χ2n) is 11.9. The van der Waals surface area contributed by atoms with Crippen molar-refractivity contribution in [3.05, 3.63) is 90.0 Å². The van der Waals surface area contributed by atoms with E-state index in [1.807, 2.05) is 66.4 Å². The summed E-state index contributed by atoms with van der Waals surface area (Å²) in [6.07, 6.45) is 2.86. The monoisotopic (exact) mass is 610 g/mol. The molecule has 0 radical (unpaired) electrons. The Morgan fingerprint density at radius 3 is 2.60 bits per heavy atom. The van der Waals surface area contributed by atoms with Crippen molar-refractivity contribution in [3.63, 3.8) is 0 Å². The zero-order chi connectivity index (χ0) is 31.5. The van der Waals surface area contributed by atoms with Gasteiger partial charge in [0.1, 0.15) is 17.7 Å². The van der Waals surface area contributed by atoms with Gasteiger partial charge in [-0.15, -0.1) is 0 Å². The molecular formula is C35H39FN6O3. The summed E-state index contributed by atoms with van der Waals surface area (Å²) >= 11 is 0. The maximum Gasteiger partial charge on any atom is 0.247 e. The fraction of sp³-hybridized carbons (Fsp3) is 0.371. The topological polar surface area (TPSA) is 110 Å². The molecule has 0 unspecified atom stereocenters. The number of carbonyl (C=O) groups is 3. The zero-order valence-electron chi connectivity index (χ0n) is 25.6. The van der Waals surface area contributed by atoms with Gasteiger partial charge in [-0.25, -0.2) is 9.37 Å². The van der Waals surface area contributed by atoms with Crippen LogP contribution in [0.3, 0.4) is 0 Å². The summed E-state index contributed by atoms with van der Waals surface area (Å²) in [5, 5.41) is 5.99. The Morgan fingerprint density at radius 2 is 1.84 bits per heavy atom. The van der Waals surface area contributed by atoms with Crippen molar-refractivity contribution in [2.75, 3.05) is 20.1 Å². The Morgan fingerprint density at radius 1 is 1.04 bits per heavy atom. The minimum atomic E-state index is -0.907. The van der Waals surface area contributed by atoms with Gasteiger partial charge in [-0.2, -0.15) is 0 Å². The molecule has 0 saturated carbocycles. The van der Waals surface area contributed by atoms with Gasteiger partial charge < -0.3 is 25.4 Å². The molecule has 234 valence electrons. The minimum absolute atomic E-state index is 0.0703. The van der Waals surface area contributed by atoms with Crippen LogP contribution in [0.5, 0.6) is 0 Å². The first-order valence-corrected chi connectivity index (χ1v) is 15.7. The number of benzene rings is 3. The number of likely N-dealkylation sites (N-methyl/N-ethyl adjacent to an activating group) is 1. The maximum atomic E-state index is 14.4. The molecule has 3 amide bonds. The molecule has 10 heteroatoms. The van der Waals surface area contributed by atoms with Crippen LogP contribution >= 0.6 is 0 Å². The molecule has 2 fully saturated rings. The van der Waals surface area contributed by atoms with Crippen molar-refractivity contribution in [1.82, 2.24) is 30.4 Å². The number of para-hydroxylation sites is 1. The Labute approximate surface area is 262 Å². The normalized spacial score (nSPS) is 20.9. The standard InChI is InChI=1S/C35H39FN6O3/c1-3-27(37-2)34(44)39-29-21-41(31(43)19-22-9-5-4-6-10-22)18-17-25-15-16-30(42(25)35(29)45)33-38-28-14-8-13-26(32(28)40-33)23-11-7-12-24(36)20-23/h4-14,20,25,27,29-30,37H,3,15-19,21H2,1-2H3,(H,38,40)(H,39,44)/t25-,27+,29+,30+/m1/s1. The molecule has 4 aromatic rings. The van der Waals surface area contributed by atoms with Gasteiger partial charge in [-0.1, -0.05) is 61.5 Å². The quantitative estimate of drug-likeness (QED) is 0.275. The molecule has 3 aromatic carbocycles. The van der Waals surface area contributed by atoms with E-state index >= 15 is 0 Å². The second kappa shape index (κ2) is 13.2. The van der Waals surface area contributed by atoms with Gasteiger partial charge in [-0.3, -0.25) is 14.4 Å². The van der Waals surface area contributed by atoms with E-state index in [9.17, 15) is 18.8 Å². The lowest BCUT2D eigenvalue weighted by Crippen LogP contribution is -2.60. The molecule has 0 aliphatic carbocycles. The van der Waals surface area contributed by atoms with Gasteiger partial charge in [0.25, 0.3) is 0 Å². The number of hydrogen-bond acceptors (Lipinski definition) is 5. The van der Waals surface area contributed by atoms with Crippen LogP contribution in [0, 0.1) is 5.82 Å². The van der Waals surface area contributed by atoms with E-state index < -0.39 is 12.1 Å². The first kappa shape index (κ1) is 30.5. The van der Waals surface area contributed by atoms with Gasteiger partial charge in [0, 0.05) is 24.7 Å². The van der Waals surface area contributed by atoms with Gasteiger partial charge in [0.05, 0.1) is 29.5 Å².